The number of hydrogen-bond donors (Lipinski definition) is 0. The molecule has 1 fully saturated rings. The largest absolute Gasteiger partial charge is 0.493 e. The predicted octanol–water partition coefficient (Wildman–Crippen LogP) is 1.71. The standard InChI is InChI=1S/C18H19NO3/c1-19-8-7-18-11-4-5-13(20)17(18)22-16-14(21-2)6-3-10(15(16)18)9-12(11)19/h3-6,11-12,17H,7-9H2,1-2H3/t11-,12?,17-,18?/m0/s1. The van der Waals surface area contributed by atoms with E-state index in [2.05, 4.69) is 24.1 Å². The predicted molar refractivity (Wildman–Crippen MR) is 81.5 cm³/mol. The molecule has 4 heteroatoms. The minimum absolute atomic E-state index is 0.102. The average Bonchev–Trinajstić information content (AvgIpc) is 2.88. The highest BCUT2D eigenvalue weighted by Crippen LogP contribution is 2.61. The fourth-order valence-electron chi connectivity index (χ4n) is 5.23. The van der Waals surface area contributed by atoms with Gasteiger partial charge in [0.05, 0.1) is 12.5 Å². The molecule has 1 aromatic rings. The molecule has 22 heavy (non-hydrogen) atoms. The molecule has 0 radical (unpaired) electrons. The van der Waals surface area contributed by atoms with Crippen LogP contribution in [0.3, 0.4) is 0 Å². The highest BCUT2D eigenvalue weighted by molar-refractivity contribution is 5.98. The van der Waals surface area contributed by atoms with Gasteiger partial charge in [-0.3, -0.25) is 4.79 Å². The van der Waals surface area contributed by atoms with Crippen molar-refractivity contribution in [1.82, 2.24) is 4.90 Å². The normalized spacial score (nSPS) is 37.7. The second-order valence-corrected chi connectivity index (χ2v) is 6.96. The number of benzene rings is 1. The smallest absolute Gasteiger partial charge is 0.196 e. The van der Waals surface area contributed by atoms with Crippen molar-refractivity contribution in [3.63, 3.8) is 0 Å². The third-order valence-corrected chi connectivity index (χ3v) is 6.21. The van der Waals surface area contributed by atoms with E-state index in [4.69, 9.17) is 9.47 Å². The number of piperidine rings is 1. The van der Waals surface area contributed by atoms with Crippen molar-refractivity contribution >= 4 is 5.78 Å². The molecule has 1 aromatic carbocycles. The van der Waals surface area contributed by atoms with E-state index in [0.29, 0.717) is 12.0 Å². The summed E-state index contributed by atoms with van der Waals surface area (Å²) in [7, 11) is 3.86. The number of rotatable bonds is 1. The number of ether oxygens (including phenoxy) is 2. The lowest BCUT2D eigenvalue weighted by molar-refractivity contribution is -0.127. The molecule has 1 spiro atoms. The van der Waals surface area contributed by atoms with Crippen LogP contribution < -0.4 is 9.47 Å². The van der Waals surface area contributed by atoms with Crippen molar-refractivity contribution in [1.29, 1.82) is 0 Å². The van der Waals surface area contributed by atoms with Gasteiger partial charge in [0.1, 0.15) is 0 Å². The fraction of sp³-hybridized carbons (Fsp3) is 0.500. The molecule has 0 N–H and O–H groups in total. The molecule has 2 aliphatic carbocycles. The van der Waals surface area contributed by atoms with Gasteiger partial charge in [-0.1, -0.05) is 12.1 Å². The first-order valence-electron chi connectivity index (χ1n) is 7.96. The number of likely N-dealkylation sites (N-methyl/N-ethyl adjacent to an activating group) is 1. The second kappa shape index (κ2) is 3.93. The SMILES string of the molecule is COc1ccc2c3c1O[C@H]1C(=O)C=C[C@H]4C(C2)N(C)CCC314. The van der Waals surface area contributed by atoms with Crippen LogP contribution in [0.1, 0.15) is 17.5 Å². The van der Waals surface area contributed by atoms with E-state index in [-0.39, 0.29) is 17.3 Å². The Hall–Kier alpha value is -1.81. The molecule has 4 atom stereocenters. The topological polar surface area (TPSA) is 38.8 Å². The van der Waals surface area contributed by atoms with E-state index in [0.717, 1.165) is 30.9 Å². The average molecular weight is 297 g/mol. The molecule has 0 aromatic heterocycles. The summed E-state index contributed by atoms with van der Waals surface area (Å²) in [5.41, 5.74) is 2.40. The Labute approximate surface area is 129 Å². The van der Waals surface area contributed by atoms with Crippen LogP contribution in [-0.4, -0.2) is 43.5 Å². The Morgan fingerprint density at radius 3 is 3.09 bits per heavy atom. The van der Waals surface area contributed by atoms with Gasteiger partial charge in [-0.15, -0.1) is 0 Å². The van der Waals surface area contributed by atoms with E-state index in [1.807, 2.05) is 6.07 Å². The van der Waals surface area contributed by atoms with Gasteiger partial charge in [-0.05, 0) is 44.1 Å². The summed E-state index contributed by atoms with van der Waals surface area (Å²) in [4.78, 5) is 15.0. The lowest BCUT2D eigenvalue weighted by Gasteiger charge is -2.55. The number of likely N-dealkylation sites (tertiary alicyclic amines) is 1. The molecule has 0 amide bonds. The monoisotopic (exact) mass is 297 g/mol. The van der Waals surface area contributed by atoms with Crippen molar-refractivity contribution in [3.05, 3.63) is 35.4 Å². The third kappa shape index (κ3) is 1.23. The fourth-order valence-corrected chi connectivity index (χ4v) is 5.23. The second-order valence-electron chi connectivity index (χ2n) is 6.96. The summed E-state index contributed by atoms with van der Waals surface area (Å²) >= 11 is 0. The van der Waals surface area contributed by atoms with E-state index >= 15 is 0 Å². The summed E-state index contributed by atoms with van der Waals surface area (Å²) in [6.07, 6.45) is 5.50. The van der Waals surface area contributed by atoms with Gasteiger partial charge in [0.25, 0.3) is 0 Å². The Kier molecular flexibility index (Phi) is 2.27. The van der Waals surface area contributed by atoms with Gasteiger partial charge in [-0.25, -0.2) is 0 Å². The van der Waals surface area contributed by atoms with E-state index in [1.54, 1.807) is 13.2 Å². The summed E-state index contributed by atoms with van der Waals surface area (Å²) in [6, 6.07) is 4.60. The molecule has 2 aliphatic heterocycles. The molecule has 5 rings (SSSR count). The molecular formula is C18H19NO3. The highest BCUT2D eigenvalue weighted by atomic mass is 16.5. The van der Waals surface area contributed by atoms with Crippen molar-refractivity contribution in [3.8, 4) is 11.5 Å². The summed E-state index contributed by atoms with van der Waals surface area (Å²) in [6.45, 7) is 1.01. The van der Waals surface area contributed by atoms with Crippen molar-refractivity contribution in [2.75, 3.05) is 20.7 Å². The number of carbonyl (C=O) groups excluding carboxylic acids is 1. The zero-order valence-electron chi connectivity index (χ0n) is 12.8. The molecule has 114 valence electrons. The molecule has 0 saturated carbocycles. The minimum atomic E-state index is -0.371. The molecule has 1 saturated heterocycles. The van der Waals surface area contributed by atoms with Crippen LogP contribution in [0, 0.1) is 5.92 Å². The first-order valence-corrected chi connectivity index (χ1v) is 7.96. The van der Waals surface area contributed by atoms with Gasteiger partial charge in [0.15, 0.2) is 23.4 Å². The van der Waals surface area contributed by atoms with Crippen LogP contribution in [0.15, 0.2) is 24.3 Å². The zero-order valence-corrected chi connectivity index (χ0v) is 12.8. The number of ketones is 1. The Morgan fingerprint density at radius 2 is 2.27 bits per heavy atom. The van der Waals surface area contributed by atoms with Crippen LogP contribution >= 0.6 is 0 Å². The molecular weight excluding hydrogens is 278 g/mol. The molecule has 2 unspecified atom stereocenters. The van der Waals surface area contributed by atoms with Crippen molar-refractivity contribution in [2.45, 2.75) is 30.4 Å². The summed E-state index contributed by atoms with van der Waals surface area (Å²) < 4.78 is 11.7. The summed E-state index contributed by atoms with van der Waals surface area (Å²) in [5.74, 6) is 2.03. The Balaban J connectivity index is 1.84. The first kappa shape index (κ1) is 12.7. The van der Waals surface area contributed by atoms with Crippen molar-refractivity contribution in [2.24, 2.45) is 5.92 Å². The van der Waals surface area contributed by atoms with E-state index < -0.39 is 0 Å². The van der Waals surface area contributed by atoms with Gasteiger partial charge in [0.2, 0.25) is 0 Å². The van der Waals surface area contributed by atoms with Gasteiger partial charge in [-0.2, -0.15) is 0 Å². The first-order chi connectivity index (χ1) is 10.7. The maximum atomic E-state index is 12.5. The summed E-state index contributed by atoms with van der Waals surface area (Å²) in [5, 5.41) is 0. The molecule has 2 bridgehead atoms. The van der Waals surface area contributed by atoms with Crippen LogP contribution in [0.5, 0.6) is 11.5 Å². The van der Waals surface area contributed by atoms with Crippen molar-refractivity contribution < 1.29 is 14.3 Å². The lowest BCUT2D eigenvalue weighted by Crippen LogP contribution is -2.64. The lowest BCUT2D eigenvalue weighted by atomic mass is 9.53. The molecule has 4 aliphatic rings. The highest BCUT2D eigenvalue weighted by Gasteiger charge is 2.64. The maximum Gasteiger partial charge on any atom is 0.196 e. The maximum absolute atomic E-state index is 12.5. The van der Waals surface area contributed by atoms with Crippen LogP contribution in [0.2, 0.25) is 0 Å². The van der Waals surface area contributed by atoms with Gasteiger partial charge >= 0.3 is 0 Å². The number of carbonyl (C=O) groups is 1. The Morgan fingerprint density at radius 1 is 1.41 bits per heavy atom. The van der Waals surface area contributed by atoms with E-state index in [9.17, 15) is 4.79 Å². The van der Waals surface area contributed by atoms with E-state index in [1.165, 1.54) is 11.1 Å². The third-order valence-electron chi connectivity index (χ3n) is 6.21. The van der Waals surface area contributed by atoms with Crippen LogP contribution in [0.25, 0.3) is 0 Å². The van der Waals surface area contributed by atoms with Crippen LogP contribution in [0.4, 0.5) is 0 Å². The number of methoxy groups -OCH3 is 1. The quantitative estimate of drug-likeness (QED) is 0.791. The zero-order chi connectivity index (χ0) is 15.1. The number of nitrogens with zero attached hydrogens (tertiary/aromatic N) is 1. The minimum Gasteiger partial charge on any atom is -0.493 e. The van der Waals surface area contributed by atoms with Gasteiger partial charge < -0.3 is 14.4 Å². The van der Waals surface area contributed by atoms with Gasteiger partial charge in [0, 0.05) is 17.5 Å². The molecule has 2 heterocycles. The Bertz CT molecular complexity index is 725. The molecule has 4 nitrogen and oxygen atoms in total. The van der Waals surface area contributed by atoms with Crippen LogP contribution in [-0.2, 0) is 16.6 Å². The number of hydrogen-bond acceptors (Lipinski definition) is 4.